The van der Waals surface area contributed by atoms with Crippen molar-refractivity contribution in [3.8, 4) is 0 Å². The van der Waals surface area contributed by atoms with E-state index in [0.29, 0.717) is 5.76 Å². The number of fused-ring (bicyclic) bond motifs is 2. The summed E-state index contributed by atoms with van der Waals surface area (Å²) in [5.41, 5.74) is 4.45. The smallest absolute Gasteiger partial charge is 0.203 e. The summed E-state index contributed by atoms with van der Waals surface area (Å²) in [5.74, 6) is 0.635. The summed E-state index contributed by atoms with van der Waals surface area (Å²) in [6, 6.07) is 16.4. The van der Waals surface area contributed by atoms with Crippen molar-refractivity contribution >= 4 is 22.4 Å². The number of allylic oxidation sites excluding steroid dienone is 1. The largest absolute Gasteiger partial charge is 0.465 e. The van der Waals surface area contributed by atoms with Crippen LogP contribution < -0.4 is 0 Å². The first-order valence-electron chi connectivity index (χ1n) is 7.69. The summed E-state index contributed by atoms with van der Waals surface area (Å²) < 4.78 is 8.27. The van der Waals surface area contributed by atoms with Crippen molar-refractivity contribution in [3.05, 3.63) is 77.5 Å². The highest BCUT2D eigenvalue weighted by Gasteiger charge is 2.29. The fraction of sp³-hybridized carbons (Fsp3) is 0.150. The first-order valence-corrected chi connectivity index (χ1v) is 7.69. The van der Waals surface area contributed by atoms with Crippen molar-refractivity contribution in [1.29, 1.82) is 0 Å². The number of hydrogen-bond donors (Lipinski definition) is 0. The quantitative estimate of drug-likeness (QED) is 0.655. The molecule has 0 bridgehead atoms. The fourth-order valence-electron chi connectivity index (χ4n) is 3.23. The maximum atomic E-state index is 11.5. The summed E-state index contributed by atoms with van der Waals surface area (Å²) in [5, 5.41) is 1.22. The molecule has 1 unspecified atom stereocenters. The van der Waals surface area contributed by atoms with Gasteiger partial charge in [-0.25, -0.2) is 0 Å². The second-order valence-corrected chi connectivity index (χ2v) is 5.91. The number of ketones is 1. The number of rotatable bonds is 2. The minimum atomic E-state index is -0.240. The number of carbonyl (C=O) groups is 1. The van der Waals surface area contributed by atoms with Crippen LogP contribution in [0, 0.1) is 6.92 Å². The van der Waals surface area contributed by atoms with Crippen molar-refractivity contribution in [2.24, 2.45) is 0 Å². The minimum Gasteiger partial charge on any atom is -0.465 e. The Morgan fingerprint density at radius 3 is 2.78 bits per heavy atom. The average molecular weight is 303 g/mol. The Labute approximate surface area is 134 Å². The Hall–Kier alpha value is -2.81. The van der Waals surface area contributed by atoms with Crippen molar-refractivity contribution in [1.82, 2.24) is 4.57 Å². The molecule has 1 aromatic heterocycles. The van der Waals surface area contributed by atoms with Crippen LogP contribution in [0.2, 0.25) is 0 Å². The highest BCUT2D eigenvalue weighted by Crippen LogP contribution is 2.40. The van der Waals surface area contributed by atoms with Crippen LogP contribution in [0.1, 0.15) is 29.8 Å². The molecule has 2 aromatic carbocycles. The van der Waals surface area contributed by atoms with E-state index in [1.165, 1.54) is 10.9 Å². The van der Waals surface area contributed by atoms with Gasteiger partial charge in [0.1, 0.15) is 5.76 Å². The summed E-state index contributed by atoms with van der Waals surface area (Å²) in [7, 11) is 0. The van der Waals surface area contributed by atoms with Crippen LogP contribution in [-0.2, 0) is 9.53 Å². The van der Waals surface area contributed by atoms with Gasteiger partial charge in [-0.3, -0.25) is 4.79 Å². The molecular formula is C20H17NO2. The van der Waals surface area contributed by atoms with E-state index in [2.05, 4.69) is 48.0 Å². The van der Waals surface area contributed by atoms with Gasteiger partial charge in [0.25, 0.3) is 0 Å². The van der Waals surface area contributed by atoms with Gasteiger partial charge in [0.05, 0.1) is 5.52 Å². The zero-order chi connectivity index (χ0) is 16.0. The van der Waals surface area contributed by atoms with Gasteiger partial charge in [-0.15, -0.1) is 0 Å². The van der Waals surface area contributed by atoms with Crippen molar-refractivity contribution in [2.45, 2.75) is 20.1 Å². The molecule has 0 fully saturated rings. The van der Waals surface area contributed by atoms with E-state index in [9.17, 15) is 4.79 Å². The highest BCUT2D eigenvalue weighted by atomic mass is 16.5. The number of hydrogen-bond acceptors (Lipinski definition) is 2. The third-order valence-electron chi connectivity index (χ3n) is 4.30. The lowest BCUT2D eigenvalue weighted by atomic mass is 10.1. The molecule has 1 atom stereocenters. The number of ether oxygens (including phenoxy) is 1. The molecule has 0 spiro atoms. The van der Waals surface area contributed by atoms with Crippen LogP contribution in [0.15, 0.2) is 60.8 Å². The van der Waals surface area contributed by atoms with Crippen LogP contribution >= 0.6 is 0 Å². The van der Waals surface area contributed by atoms with Crippen molar-refractivity contribution < 1.29 is 9.53 Å². The molecule has 0 radical (unpaired) electrons. The maximum absolute atomic E-state index is 11.5. The first-order chi connectivity index (χ1) is 11.1. The Morgan fingerprint density at radius 1 is 1.13 bits per heavy atom. The standard InChI is InChI=1S/C20H17NO2/c1-13-6-5-9-18-15(13)10-11-21(18)20-17-8-4-3-7-16(17)19(23-20)12-14(2)22/h3-12,20H,1-2H3/b19-12-. The lowest BCUT2D eigenvalue weighted by Gasteiger charge is -2.15. The Balaban J connectivity index is 1.90. The number of benzene rings is 2. The molecule has 0 N–H and O–H groups in total. The van der Waals surface area contributed by atoms with Crippen molar-refractivity contribution in [3.63, 3.8) is 0 Å². The Kier molecular flexibility index (Phi) is 3.08. The third kappa shape index (κ3) is 2.16. The molecular weight excluding hydrogens is 286 g/mol. The van der Waals surface area contributed by atoms with E-state index < -0.39 is 0 Å². The van der Waals surface area contributed by atoms with Gasteiger partial charge >= 0.3 is 0 Å². The lowest BCUT2D eigenvalue weighted by molar-refractivity contribution is -0.112. The van der Waals surface area contributed by atoms with Gasteiger partial charge < -0.3 is 9.30 Å². The predicted molar refractivity (Wildman–Crippen MR) is 91.0 cm³/mol. The molecule has 1 aliphatic heterocycles. The van der Waals surface area contributed by atoms with E-state index in [1.807, 2.05) is 18.2 Å². The number of carbonyl (C=O) groups excluding carboxylic acids is 1. The predicted octanol–water partition coefficient (Wildman–Crippen LogP) is 4.46. The molecule has 0 amide bonds. The van der Waals surface area contributed by atoms with Crippen molar-refractivity contribution in [2.75, 3.05) is 0 Å². The highest BCUT2D eigenvalue weighted by molar-refractivity contribution is 5.94. The summed E-state index contributed by atoms with van der Waals surface area (Å²) in [6.45, 7) is 3.65. The van der Waals surface area contributed by atoms with Crippen LogP contribution in [0.3, 0.4) is 0 Å². The second kappa shape index (κ2) is 5.13. The molecule has 23 heavy (non-hydrogen) atoms. The van der Waals surface area contributed by atoms with Gasteiger partial charge in [0, 0.05) is 28.8 Å². The zero-order valence-electron chi connectivity index (χ0n) is 13.1. The molecule has 114 valence electrons. The summed E-state index contributed by atoms with van der Waals surface area (Å²) in [4.78, 5) is 11.5. The molecule has 3 nitrogen and oxygen atoms in total. The van der Waals surface area contributed by atoms with Gasteiger partial charge in [0.15, 0.2) is 5.78 Å². The van der Waals surface area contributed by atoms with E-state index in [-0.39, 0.29) is 12.0 Å². The van der Waals surface area contributed by atoms with E-state index >= 15 is 0 Å². The molecule has 4 rings (SSSR count). The van der Waals surface area contributed by atoms with E-state index in [0.717, 1.165) is 16.6 Å². The number of aryl methyl sites for hydroxylation is 1. The minimum absolute atomic E-state index is 0.0105. The van der Waals surface area contributed by atoms with Crippen LogP contribution in [0.4, 0.5) is 0 Å². The normalized spacial score (nSPS) is 18.2. The van der Waals surface area contributed by atoms with Crippen LogP contribution in [-0.4, -0.2) is 10.4 Å². The van der Waals surface area contributed by atoms with Crippen LogP contribution in [0.5, 0.6) is 0 Å². The molecule has 3 aromatic rings. The molecule has 0 saturated heterocycles. The maximum Gasteiger partial charge on any atom is 0.203 e. The topological polar surface area (TPSA) is 31.2 Å². The zero-order valence-corrected chi connectivity index (χ0v) is 13.1. The fourth-order valence-corrected chi connectivity index (χ4v) is 3.23. The number of aromatic nitrogens is 1. The van der Waals surface area contributed by atoms with Gasteiger partial charge in [-0.2, -0.15) is 0 Å². The third-order valence-corrected chi connectivity index (χ3v) is 4.30. The molecule has 3 heteroatoms. The van der Waals surface area contributed by atoms with Crippen LogP contribution in [0.25, 0.3) is 16.7 Å². The molecule has 0 aliphatic carbocycles. The van der Waals surface area contributed by atoms with E-state index in [1.54, 1.807) is 13.0 Å². The SMILES string of the molecule is CC(=O)/C=C1\OC(n2ccc3c(C)cccc32)c2ccccc21. The van der Waals surface area contributed by atoms with Gasteiger partial charge in [-0.1, -0.05) is 36.4 Å². The number of nitrogens with zero attached hydrogens (tertiary/aromatic N) is 1. The monoisotopic (exact) mass is 303 g/mol. The van der Waals surface area contributed by atoms with E-state index in [4.69, 9.17) is 4.74 Å². The molecule has 1 aliphatic rings. The molecule has 2 heterocycles. The van der Waals surface area contributed by atoms with Gasteiger partial charge in [-0.05, 0) is 31.5 Å². The second-order valence-electron chi connectivity index (χ2n) is 5.91. The average Bonchev–Trinajstić information content (AvgIpc) is 3.10. The van der Waals surface area contributed by atoms with Gasteiger partial charge in [0.2, 0.25) is 6.23 Å². The summed E-state index contributed by atoms with van der Waals surface area (Å²) in [6.07, 6.45) is 3.38. The first kappa shape index (κ1) is 13.8. The molecule has 0 saturated carbocycles. The summed E-state index contributed by atoms with van der Waals surface area (Å²) >= 11 is 0. The Morgan fingerprint density at radius 2 is 1.96 bits per heavy atom. The lowest BCUT2D eigenvalue weighted by Crippen LogP contribution is -2.07. The Bertz CT molecular complexity index is 949.